The molecule has 0 amide bonds. The average Bonchev–Trinajstić information content (AvgIpc) is 3.53. The van der Waals surface area contributed by atoms with Crippen molar-refractivity contribution in [1.82, 2.24) is 15.0 Å². The summed E-state index contributed by atoms with van der Waals surface area (Å²) in [5, 5.41) is 4.39. The highest BCUT2D eigenvalue weighted by molar-refractivity contribution is 6.19. The SMILES string of the molecule is c1ccc(-c2nc(-c3ccc4c(c3)oc3c5ccccc5c(-c5ccccc5)cc43)nc(-c3ccccc3-c3ccccc3)n2)cc1. The number of rotatable bonds is 5. The Morgan fingerprint density at radius 3 is 1.55 bits per heavy atom. The number of aromatic nitrogens is 3. The van der Waals surface area contributed by atoms with E-state index in [-0.39, 0.29) is 0 Å². The fraction of sp³-hybridized carbons (Fsp3) is 0. The van der Waals surface area contributed by atoms with E-state index in [9.17, 15) is 0 Å². The number of nitrogens with zero attached hydrogens (tertiary/aromatic N) is 3. The Kier molecular flexibility index (Phi) is 6.43. The lowest BCUT2D eigenvalue weighted by atomic mass is 9.95. The van der Waals surface area contributed by atoms with Crippen LogP contribution in [0.15, 0.2) is 168 Å². The maximum Gasteiger partial charge on any atom is 0.164 e. The van der Waals surface area contributed by atoms with Gasteiger partial charge in [-0.15, -0.1) is 0 Å². The van der Waals surface area contributed by atoms with Gasteiger partial charge >= 0.3 is 0 Å². The largest absolute Gasteiger partial charge is 0.455 e. The Balaban J connectivity index is 1.25. The Morgan fingerprint density at radius 1 is 0.319 bits per heavy atom. The van der Waals surface area contributed by atoms with Crippen LogP contribution in [0.5, 0.6) is 0 Å². The van der Waals surface area contributed by atoms with Gasteiger partial charge in [0.1, 0.15) is 11.2 Å². The molecule has 0 saturated heterocycles. The summed E-state index contributed by atoms with van der Waals surface area (Å²) in [6.45, 7) is 0. The second kappa shape index (κ2) is 11.2. The zero-order valence-electron chi connectivity index (χ0n) is 25.3. The van der Waals surface area contributed by atoms with Gasteiger partial charge in [0, 0.05) is 32.8 Å². The van der Waals surface area contributed by atoms with Crippen molar-refractivity contribution in [1.29, 1.82) is 0 Å². The van der Waals surface area contributed by atoms with Crippen molar-refractivity contribution in [2.24, 2.45) is 0 Å². The van der Waals surface area contributed by atoms with Crippen LogP contribution in [-0.4, -0.2) is 15.0 Å². The fourth-order valence-electron chi connectivity index (χ4n) is 6.48. The van der Waals surface area contributed by atoms with Gasteiger partial charge in [0.25, 0.3) is 0 Å². The van der Waals surface area contributed by atoms with Crippen molar-refractivity contribution in [2.75, 3.05) is 0 Å². The molecule has 7 aromatic carbocycles. The van der Waals surface area contributed by atoms with Gasteiger partial charge in [0.15, 0.2) is 17.5 Å². The van der Waals surface area contributed by atoms with Crippen molar-refractivity contribution in [2.45, 2.75) is 0 Å². The van der Waals surface area contributed by atoms with E-state index in [1.807, 2.05) is 42.5 Å². The minimum Gasteiger partial charge on any atom is -0.455 e. The summed E-state index contributed by atoms with van der Waals surface area (Å²) < 4.78 is 6.65. The van der Waals surface area contributed by atoms with Gasteiger partial charge in [-0.1, -0.05) is 146 Å². The number of hydrogen-bond donors (Lipinski definition) is 0. The summed E-state index contributed by atoms with van der Waals surface area (Å²) in [4.78, 5) is 15.1. The Bertz CT molecular complexity index is 2560. The lowest BCUT2D eigenvalue weighted by Crippen LogP contribution is -2.01. The van der Waals surface area contributed by atoms with E-state index in [1.54, 1.807) is 0 Å². The van der Waals surface area contributed by atoms with E-state index in [2.05, 4.69) is 121 Å². The molecule has 4 heteroatoms. The summed E-state index contributed by atoms with van der Waals surface area (Å²) in [6.07, 6.45) is 0. The highest BCUT2D eigenvalue weighted by Gasteiger charge is 2.18. The van der Waals surface area contributed by atoms with Crippen molar-refractivity contribution < 1.29 is 4.42 Å². The zero-order chi connectivity index (χ0) is 31.2. The predicted octanol–water partition coefficient (Wildman–Crippen LogP) is 11.3. The quantitative estimate of drug-likeness (QED) is 0.197. The molecule has 0 atom stereocenters. The maximum atomic E-state index is 6.65. The fourth-order valence-corrected chi connectivity index (χ4v) is 6.48. The highest BCUT2D eigenvalue weighted by Crippen LogP contribution is 2.41. The second-order valence-corrected chi connectivity index (χ2v) is 11.6. The molecule has 4 nitrogen and oxygen atoms in total. The molecule has 9 aromatic rings. The predicted molar refractivity (Wildman–Crippen MR) is 192 cm³/mol. The molecule has 0 radical (unpaired) electrons. The monoisotopic (exact) mass is 601 g/mol. The minimum atomic E-state index is 0.592. The third kappa shape index (κ3) is 4.75. The standard InChI is InChI=1S/C43H27N3O/c1-4-14-28(15-5-1)32-20-10-13-23-36(32)43-45-41(30-18-8-3-9-19-30)44-42(46-43)31-24-25-34-38-27-37(29-16-6-2-7-17-29)33-21-11-12-22-35(33)40(38)47-39(34)26-31/h1-27H. The lowest BCUT2D eigenvalue weighted by Gasteiger charge is -2.12. The van der Waals surface area contributed by atoms with Crippen molar-refractivity contribution in [3.05, 3.63) is 164 Å². The molecule has 2 aromatic heterocycles. The smallest absolute Gasteiger partial charge is 0.164 e. The first kappa shape index (κ1) is 27.0. The lowest BCUT2D eigenvalue weighted by molar-refractivity contribution is 0.673. The summed E-state index contributed by atoms with van der Waals surface area (Å²) in [6, 6.07) is 56.2. The molecule has 220 valence electrons. The third-order valence-electron chi connectivity index (χ3n) is 8.74. The van der Waals surface area contributed by atoms with E-state index in [4.69, 9.17) is 19.4 Å². The van der Waals surface area contributed by atoms with Crippen LogP contribution in [0.1, 0.15) is 0 Å². The van der Waals surface area contributed by atoms with Crippen molar-refractivity contribution in [3.8, 4) is 56.4 Å². The Hall–Kier alpha value is -6.39. The Morgan fingerprint density at radius 2 is 0.851 bits per heavy atom. The molecular formula is C43H27N3O. The van der Waals surface area contributed by atoms with Gasteiger partial charge in [-0.25, -0.2) is 15.0 Å². The summed E-state index contributed by atoms with van der Waals surface area (Å²) in [5.41, 5.74) is 8.96. The first-order chi connectivity index (χ1) is 23.3. The first-order valence-corrected chi connectivity index (χ1v) is 15.7. The number of hydrogen-bond acceptors (Lipinski definition) is 4. The molecule has 2 heterocycles. The summed E-state index contributed by atoms with van der Waals surface area (Å²) >= 11 is 0. The molecule has 0 bridgehead atoms. The van der Waals surface area contributed by atoms with Crippen LogP contribution in [0.2, 0.25) is 0 Å². The molecular weight excluding hydrogens is 574 g/mol. The normalized spacial score (nSPS) is 11.4. The van der Waals surface area contributed by atoms with Gasteiger partial charge in [-0.3, -0.25) is 0 Å². The Labute approximate surface area is 271 Å². The molecule has 0 saturated carbocycles. The molecule has 0 aliphatic carbocycles. The minimum absolute atomic E-state index is 0.592. The van der Waals surface area contributed by atoms with Crippen LogP contribution in [0.25, 0.3) is 89.1 Å². The number of furan rings is 1. The van der Waals surface area contributed by atoms with Crippen LogP contribution in [-0.2, 0) is 0 Å². The summed E-state index contributed by atoms with van der Waals surface area (Å²) in [7, 11) is 0. The maximum absolute atomic E-state index is 6.65. The van der Waals surface area contributed by atoms with E-state index in [0.717, 1.165) is 60.5 Å². The molecule has 9 rings (SSSR count). The van der Waals surface area contributed by atoms with Gasteiger partial charge in [-0.05, 0) is 45.8 Å². The number of benzene rings is 7. The molecule has 0 spiro atoms. The molecule has 0 aliphatic rings. The van der Waals surface area contributed by atoms with Gasteiger partial charge < -0.3 is 4.42 Å². The van der Waals surface area contributed by atoms with Crippen LogP contribution in [0.3, 0.4) is 0 Å². The van der Waals surface area contributed by atoms with Crippen LogP contribution >= 0.6 is 0 Å². The zero-order valence-corrected chi connectivity index (χ0v) is 25.3. The van der Waals surface area contributed by atoms with Crippen LogP contribution in [0, 0.1) is 0 Å². The number of fused-ring (bicyclic) bond motifs is 5. The third-order valence-corrected chi connectivity index (χ3v) is 8.74. The molecule has 0 fully saturated rings. The average molecular weight is 602 g/mol. The highest BCUT2D eigenvalue weighted by atomic mass is 16.3. The van der Waals surface area contributed by atoms with E-state index >= 15 is 0 Å². The van der Waals surface area contributed by atoms with Crippen LogP contribution < -0.4 is 0 Å². The van der Waals surface area contributed by atoms with Gasteiger partial charge in [-0.2, -0.15) is 0 Å². The molecule has 0 aliphatic heterocycles. The van der Waals surface area contributed by atoms with E-state index in [1.165, 1.54) is 11.1 Å². The second-order valence-electron chi connectivity index (χ2n) is 11.6. The summed E-state index contributed by atoms with van der Waals surface area (Å²) in [5.74, 6) is 1.84. The molecule has 0 N–H and O–H groups in total. The van der Waals surface area contributed by atoms with Gasteiger partial charge in [0.2, 0.25) is 0 Å². The molecule has 47 heavy (non-hydrogen) atoms. The van der Waals surface area contributed by atoms with E-state index < -0.39 is 0 Å². The van der Waals surface area contributed by atoms with Crippen LogP contribution in [0.4, 0.5) is 0 Å². The molecule has 0 unspecified atom stereocenters. The van der Waals surface area contributed by atoms with Crippen molar-refractivity contribution in [3.63, 3.8) is 0 Å². The first-order valence-electron chi connectivity index (χ1n) is 15.7. The van der Waals surface area contributed by atoms with Crippen molar-refractivity contribution >= 4 is 32.7 Å². The van der Waals surface area contributed by atoms with E-state index in [0.29, 0.717) is 17.5 Å². The van der Waals surface area contributed by atoms with Gasteiger partial charge in [0.05, 0.1) is 0 Å². The topological polar surface area (TPSA) is 51.8 Å².